The molecule has 1 aromatic rings. The van der Waals surface area contributed by atoms with Crippen molar-refractivity contribution in [3.8, 4) is 0 Å². The molecule has 1 heterocycles. The molecule has 100 valence electrons. The van der Waals surface area contributed by atoms with Crippen LogP contribution in [0.15, 0.2) is 5.38 Å². The zero-order chi connectivity index (χ0) is 13.8. The highest BCUT2D eigenvalue weighted by Gasteiger charge is 2.18. The minimum Gasteiger partial charge on any atom is -0.461 e. The Morgan fingerprint density at radius 3 is 2.67 bits per heavy atom. The number of hydrogen-bond acceptors (Lipinski definition) is 5. The molecule has 0 aliphatic heterocycles. The van der Waals surface area contributed by atoms with Crippen LogP contribution in [-0.4, -0.2) is 23.5 Å². The number of carbonyl (C=O) groups is 2. The molecule has 0 aromatic carbocycles. The molecule has 0 fully saturated rings. The smallest absolute Gasteiger partial charge is 0.357 e. The summed E-state index contributed by atoms with van der Waals surface area (Å²) < 4.78 is 4.82. The maximum absolute atomic E-state index is 11.7. The van der Waals surface area contributed by atoms with Gasteiger partial charge in [0, 0.05) is 11.8 Å². The molecule has 0 aliphatic carbocycles. The van der Waals surface area contributed by atoms with Crippen LogP contribution in [0.4, 0.5) is 5.13 Å². The van der Waals surface area contributed by atoms with E-state index in [0.29, 0.717) is 18.2 Å². The third-order valence-electron chi connectivity index (χ3n) is 1.93. The van der Waals surface area contributed by atoms with Crippen LogP contribution in [0.25, 0.3) is 0 Å². The largest absolute Gasteiger partial charge is 0.461 e. The molecule has 5 nitrogen and oxygen atoms in total. The van der Waals surface area contributed by atoms with Crippen molar-refractivity contribution in [1.29, 1.82) is 0 Å². The second kappa shape index (κ2) is 5.95. The van der Waals surface area contributed by atoms with Crippen molar-refractivity contribution in [2.24, 2.45) is 5.41 Å². The highest BCUT2D eigenvalue weighted by atomic mass is 32.1. The number of nitrogens with one attached hydrogen (secondary N) is 1. The zero-order valence-electron chi connectivity index (χ0n) is 11.1. The van der Waals surface area contributed by atoms with Gasteiger partial charge in [0.05, 0.1) is 6.61 Å². The fourth-order valence-electron chi connectivity index (χ4n) is 1.28. The van der Waals surface area contributed by atoms with Gasteiger partial charge in [-0.15, -0.1) is 11.3 Å². The Kier molecular flexibility index (Phi) is 4.84. The molecule has 0 atom stereocenters. The van der Waals surface area contributed by atoms with E-state index < -0.39 is 5.97 Å². The predicted octanol–water partition coefficient (Wildman–Crippen LogP) is 2.69. The molecule has 0 spiro atoms. The van der Waals surface area contributed by atoms with E-state index in [1.807, 2.05) is 20.8 Å². The predicted molar refractivity (Wildman–Crippen MR) is 70.8 cm³/mol. The Labute approximate surface area is 111 Å². The number of carbonyl (C=O) groups excluding carboxylic acids is 2. The fourth-order valence-corrected chi connectivity index (χ4v) is 1.97. The molecular weight excluding hydrogens is 252 g/mol. The maximum Gasteiger partial charge on any atom is 0.357 e. The van der Waals surface area contributed by atoms with E-state index in [1.165, 1.54) is 11.3 Å². The lowest BCUT2D eigenvalue weighted by Gasteiger charge is -2.16. The second-order valence-electron chi connectivity index (χ2n) is 5.04. The van der Waals surface area contributed by atoms with Gasteiger partial charge in [-0.2, -0.15) is 0 Å². The van der Waals surface area contributed by atoms with Crippen LogP contribution in [-0.2, 0) is 9.53 Å². The summed E-state index contributed by atoms with van der Waals surface area (Å²) in [6.45, 7) is 7.99. The normalized spacial score (nSPS) is 11.1. The van der Waals surface area contributed by atoms with Crippen LogP contribution < -0.4 is 5.32 Å². The van der Waals surface area contributed by atoms with Crippen molar-refractivity contribution in [2.45, 2.75) is 34.1 Å². The average molecular weight is 270 g/mol. The summed E-state index contributed by atoms with van der Waals surface area (Å²) in [7, 11) is 0. The molecule has 1 N–H and O–H groups in total. The first-order valence-corrected chi connectivity index (χ1v) is 6.62. The van der Waals surface area contributed by atoms with Crippen molar-refractivity contribution in [1.82, 2.24) is 4.98 Å². The first kappa shape index (κ1) is 14.6. The Morgan fingerprint density at radius 2 is 2.11 bits per heavy atom. The molecule has 0 saturated heterocycles. The number of hydrogen-bond donors (Lipinski definition) is 1. The first-order valence-electron chi connectivity index (χ1n) is 5.74. The lowest BCUT2D eigenvalue weighted by Crippen LogP contribution is -2.19. The number of ether oxygens (including phenoxy) is 1. The molecule has 6 heteroatoms. The third kappa shape index (κ3) is 4.83. The highest BCUT2D eigenvalue weighted by Crippen LogP contribution is 2.21. The van der Waals surface area contributed by atoms with Crippen molar-refractivity contribution in [2.75, 3.05) is 11.9 Å². The van der Waals surface area contributed by atoms with Crippen molar-refractivity contribution < 1.29 is 14.3 Å². The van der Waals surface area contributed by atoms with Crippen LogP contribution in [0, 0.1) is 5.41 Å². The van der Waals surface area contributed by atoms with Gasteiger partial charge in [0.25, 0.3) is 0 Å². The van der Waals surface area contributed by atoms with E-state index in [9.17, 15) is 9.59 Å². The van der Waals surface area contributed by atoms with Gasteiger partial charge >= 0.3 is 5.97 Å². The van der Waals surface area contributed by atoms with Gasteiger partial charge in [-0.1, -0.05) is 20.8 Å². The highest BCUT2D eigenvalue weighted by molar-refractivity contribution is 7.14. The topological polar surface area (TPSA) is 68.3 Å². The molecule has 0 bridgehead atoms. The maximum atomic E-state index is 11.7. The van der Waals surface area contributed by atoms with Gasteiger partial charge < -0.3 is 10.1 Å². The Bertz CT molecular complexity index is 435. The minimum absolute atomic E-state index is 0.0781. The lowest BCUT2D eigenvalue weighted by atomic mass is 9.92. The Hall–Kier alpha value is -1.43. The molecular formula is C12H18N2O3S. The van der Waals surface area contributed by atoms with E-state index in [1.54, 1.807) is 12.3 Å². The number of esters is 1. The van der Waals surface area contributed by atoms with Crippen molar-refractivity contribution in [3.63, 3.8) is 0 Å². The number of amides is 1. The molecule has 0 aliphatic rings. The van der Waals surface area contributed by atoms with E-state index in [4.69, 9.17) is 4.74 Å². The van der Waals surface area contributed by atoms with E-state index in [-0.39, 0.29) is 17.0 Å². The first-order chi connectivity index (χ1) is 8.31. The summed E-state index contributed by atoms with van der Waals surface area (Å²) >= 11 is 1.21. The standard InChI is InChI=1S/C12H18N2O3S/c1-5-17-10(16)8-7-18-11(13-8)14-9(15)6-12(2,3)4/h7H,5-6H2,1-4H3,(H,13,14,15). The van der Waals surface area contributed by atoms with Crippen molar-refractivity contribution in [3.05, 3.63) is 11.1 Å². The van der Waals surface area contributed by atoms with E-state index in [0.717, 1.165) is 0 Å². The van der Waals surface area contributed by atoms with Gasteiger partial charge in [0.1, 0.15) is 0 Å². The summed E-state index contributed by atoms with van der Waals surface area (Å²) in [4.78, 5) is 27.1. The zero-order valence-corrected chi connectivity index (χ0v) is 11.9. The monoisotopic (exact) mass is 270 g/mol. The number of aromatic nitrogens is 1. The molecule has 0 saturated carbocycles. The van der Waals surface area contributed by atoms with Gasteiger partial charge in [-0.05, 0) is 12.3 Å². The van der Waals surface area contributed by atoms with Crippen molar-refractivity contribution >= 4 is 28.3 Å². The molecule has 18 heavy (non-hydrogen) atoms. The molecule has 1 rings (SSSR count). The number of thiazole rings is 1. The number of anilines is 1. The number of nitrogens with zero attached hydrogens (tertiary/aromatic N) is 1. The van der Waals surface area contributed by atoms with Crippen LogP contribution in [0.2, 0.25) is 0 Å². The summed E-state index contributed by atoms with van der Waals surface area (Å²) in [5, 5.41) is 4.67. The fraction of sp³-hybridized carbons (Fsp3) is 0.583. The van der Waals surface area contributed by atoms with Crippen LogP contribution in [0.5, 0.6) is 0 Å². The third-order valence-corrected chi connectivity index (χ3v) is 2.68. The van der Waals surface area contributed by atoms with Crippen LogP contribution in [0.1, 0.15) is 44.6 Å². The van der Waals surface area contributed by atoms with Gasteiger partial charge in [0.2, 0.25) is 5.91 Å². The molecule has 1 aromatic heterocycles. The van der Waals surface area contributed by atoms with E-state index in [2.05, 4.69) is 10.3 Å². The number of rotatable bonds is 4. The summed E-state index contributed by atoms with van der Waals surface area (Å²) in [6.07, 6.45) is 0.404. The Balaban J connectivity index is 2.59. The van der Waals surface area contributed by atoms with Gasteiger partial charge in [-0.25, -0.2) is 9.78 Å². The quantitative estimate of drug-likeness (QED) is 0.854. The lowest BCUT2D eigenvalue weighted by molar-refractivity contribution is -0.117. The minimum atomic E-state index is -0.468. The van der Waals surface area contributed by atoms with Gasteiger partial charge in [0.15, 0.2) is 10.8 Å². The van der Waals surface area contributed by atoms with Gasteiger partial charge in [-0.3, -0.25) is 4.79 Å². The summed E-state index contributed by atoms with van der Waals surface area (Å²) in [5.41, 5.74) is 0.151. The SMILES string of the molecule is CCOC(=O)c1csc(NC(=O)CC(C)(C)C)n1. The Morgan fingerprint density at radius 1 is 1.44 bits per heavy atom. The summed E-state index contributed by atoms with van der Waals surface area (Å²) in [5.74, 6) is -0.572. The van der Waals surface area contributed by atoms with Crippen LogP contribution >= 0.6 is 11.3 Å². The average Bonchev–Trinajstić information content (AvgIpc) is 2.63. The van der Waals surface area contributed by atoms with E-state index >= 15 is 0 Å². The molecule has 0 unspecified atom stereocenters. The molecule has 1 amide bonds. The molecule has 0 radical (unpaired) electrons. The van der Waals surface area contributed by atoms with Crippen LogP contribution in [0.3, 0.4) is 0 Å². The second-order valence-corrected chi connectivity index (χ2v) is 5.90. The summed E-state index contributed by atoms with van der Waals surface area (Å²) in [6, 6.07) is 0.